The zero-order chi connectivity index (χ0) is 14.0. The number of carbonyl (C=O) groups excluding carboxylic acids is 3. The van der Waals surface area contributed by atoms with Crippen LogP contribution in [0.5, 0.6) is 0 Å². The molecule has 0 aliphatic rings. The van der Waals surface area contributed by atoms with E-state index in [2.05, 4.69) is 5.92 Å². The Balaban J connectivity index is 5.26. The molecule has 0 N–H and O–H groups in total. The fourth-order valence-electron chi connectivity index (χ4n) is 1.54. The fraction of sp³-hybridized carbons (Fsp3) is 0.615. The molecule has 0 heterocycles. The Bertz CT molecular complexity index is 322. The highest BCUT2D eigenvalue weighted by Crippen LogP contribution is 2.31. The lowest BCUT2D eigenvalue weighted by molar-refractivity contribution is -0.172. The average molecular weight is 254 g/mol. The van der Waals surface area contributed by atoms with Crippen LogP contribution in [-0.4, -0.2) is 31.4 Å². The first-order valence-corrected chi connectivity index (χ1v) is 5.80. The van der Waals surface area contributed by atoms with Crippen molar-refractivity contribution in [3.8, 4) is 12.3 Å². The summed E-state index contributed by atoms with van der Waals surface area (Å²) in [5.41, 5.74) is -1.57. The Hall–Kier alpha value is -1.83. The average Bonchev–Trinajstić information content (AvgIpc) is 2.35. The molecule has 0 saturated heterocycles. The molecule has 0 bridgehead atoms. The second-order valence-electron chi connectivity index (χ2n) is 3.61. The number of esters is 2. The van der Waals surface area contributed by atoms with E-state index in [0.717, 1.165) is 0 Å². The highest BCUT2D eigenvalue weighted by Gasteiger charge is 2.47. The van der Waals surface area contributed by atoms with E-state index in [4.69, 9.17) is 15.9 Å². The topological polar surface area (TPSA) is 69.7 Å². The highest BCUT2D eigenvalue weighted by atomic mass is 16.6. The van der Waals surface area contributed by atoms with E-state index in [0.29, 0.717) is 6.29 Å². The minimum Gasteiger partial charge on any atom is -0.465 e. The normalized spacial score (nSPS) is 10.3. The number of terminal acetylenes is 1. The maximum atomic E-state index is 11.9. The summed E-state index contributed by atoms with van der Waals surface area (Å²) in [6, 6.07) is 0. The van der Waals surface area contributed by atoms with Crippen molar-refractivity contribution < 1.29 is 23.9 Å². The molecule has 0 atom stereocenters. The monoisotopic (exact) mass is 254 g/mol. The van der Waals surface area contributed by atoms with Crippen LogP contribution in [0.25, 0.3) is 0 Å². The van der Waals surface area contributed by atoms with Crippen molar-refractivity contribution in [1.29, 1.82) is 0 Å². The molecule has 0 rings (SSSR count). The number of ether oxygens (including phenoxy) is 2. The molecule has 0 aliphatic heterocycles. The molecule has 0 unspecified atom stereocenters. The highest BCUT2D eigenvalue weighted by molar-refractivity contribution is 6.00. The first-order chi connectivity index (χ1) is 8.58. The first kappa shape index (κ1) is 16.2. The van der Waals surface area contributed by atoms with Crippen molar-refractivity contribution in [3.05, 3.63) is 0 Å². The van der Waals surface area contributed by atoms with Crippen molar-refractivity contribution in [3.63, 3.8) is 0 Å². The lowest BCUT2D eigenvalue weighted by Gasteiger charge is -2.26. The van der Waals surface area contributed by atoms with Gasteiger partial charge in [-0.25, -0.2) is 0 Å². The van der Waals surface area contributed by atoms with Gasteiger partial charge in [0.05, 0.1) is 13.2 Å². The van der Waals surface area contributed by atoms with Gasteiger partial charge in [0.25, 0.3) is 0 Å². The Kier molecular flexibility index (Phi) is 7.45. The third-order valence-electron chi connectivity index (χ3n) is 2.43. The van der Waals surface area contributed by atoms with E-state index in [1.54, 1.807) is 13.8 Å². The van der Waals surface area contributed by atoms with Gasteiger partial charge in [0.2, 0.25) is 0 Å². The molecule has 0 aromatic heterocycles. The number of rotatable bonds is 8. The zero-order valence-corrected chi connectivity index (χ0v) is 10.7. The zero-order valence-electron chi connectivity index (χ0n) is 10.7. The summed E-state index contributed by atoms with van der Waals surface area (Å²) in [4.78, 5) is 34.3. The van der Waals surface area contributed by atoms with Crippen LogP contribution in [0.1, 0.15) is 33.1 Å². The Morgan fingerprint density at radius 2 is 1.72 bits per heavy atom. The summed E-state index contributed by atoms with van der Waals surface area (Å²) in [5.74, 6) is 0.812. The van der Waals surface area contributed by atoms with Gasteiger partial charge in [-0.3, -0.25) is 9.59 Å². The predicted molar refractivity (Wildman–Crippen MR) is 64.4 cm³/mol. The van der Waals surface area contributed by atoms with Gasteiger partial charge in [0.15, 0.2) is 5.41 Å². The third kappa shape index (κ3) is 3.88. The molecule has 0 radical (unpaired) electrons. The van der Waals surface area contributed by atoms with Crippen molar-refractivity contribution in [1.82, 2.24) is 0 Å². The van der Waals surface area contributed by atoms with E-state index < -0.39 is 17.4 Å². The van der Waals surface area contributed by atoms with E-state index >= 15 is 0 Å². The summed E-state index contributed by atoms with van der Waals surface area (Å²) in [5, 5.41) is 0. The SMILES string of the molecule is C#CCC(CCC=O)(C(=O)OCC)C(=O)OCC. The molecule has 0 aromatic carbocycles. The molecule has 18 heavy (non-hydrogen) atoms. The third-order valence-corrected chi connectivity index (χ3v) is 2.43. The van der Waals surface area contributed by atoms with E-state index in [1.807, 2.05) is 0 Å². The summed E-state index contributed by atoms with van der Waals surface area (Å²) >= 11 is 0. The Morgan fingerprint density at radius 3 is 2.06 bits per heavy atom. The number of aldehydes is 1. The smallest absolute Gasteiger partial charge is 0.324 e. The van der Waals surface area contributed by atoms with Gasteiger partial charge in [0, 0.05) is 12.8 Å². The van der Waals surface area contributed by atoms with Crippen LogP contribution in [-0.2, 0) is 23.9 Å². The second-order valence-corrected chi connectivity index (χ2v) is 3.61. The van der Waals surface area contributed by atoms with Gasteiger partial charge in [-0.05, 0) is 20.3 Å². The molecule has 0 aromatic rings. The van der Waals surface area contributed by atoms with Gasteiger partial charge in [-0.1, -0.05) is 0 Å². The Labute approximate surface area is 107 Å². The van der Waals surface area contributed by atoms with Crippen LogP contribution in [0.2, 0.25) is 0 Å². The minimum absolute atomic E-state index is 0.00162. The van der Waals surface area contributed by atoms with Gasteiger partial charge in [-0.2, -0.15) is 0 Å². The molecule has 5 nitrogen and oxygen atoms in total. The summed E-state index contributed by atoms with van der Waals surface area (Å²) in [6.07, 6.45) is 5.73. The fourth-order valence-corrected chi connectivity index (χ4v) is 1.54. The van der Waals surface area contributed by atoms with Crippen LogP contribution in [0.3, 0.4) is 0 Å². The van der Waals surface area contributed by atoms with Crippen molar-refractivity contribution >= 4 is 18.2 Å². The Morgan fingerprint density at radius 1 is 1.22 bits per heavy atom. The summed E-state index contributed by atoms with van der Waals surface area (Å²) in [6.45, 7) is 3.52. The van der Waals surface area contributed by atoms with Crippen molar-refractivity contribution in [2.45, 2.75) is 33.1 Å². The second kappa shape index (κ2) is 8.29. The molecule has 0 saturated carbocycles. The van der Waals surface area contributed by atoms with E-state index in [9.17, 15) is 14.4 Å². The molecular formula is C13H18O5. The van der Waals surface area contributed by atoms with Crippen LogP contribution in [0.4, 0.5) is 0 Å². The summed E-state index contributed by atoms with van der Waals surface area (Å²) in [7, 11) is 0. The van der Waals surface area contributed by atoms with Gasteiger partial charge in [0.1, 0.15) is 6.29 Å². The van der Waals surface area contributed by atoms with Crippen LogP contribution >= 0.6 is 0 Å². The molecule has 0 spiro atoms. The van der Waals surface area contributed by atoms with E-state index in [-0.39, 0.29) is 32.5 Å². The molecular weight excluding hydrogens is 236 g/mol. The lowest BCUT2D eigenvalue weighted by atomic mass is 9.80. The first-order valence-electron chi connectivity index (χ1n) is 5.80. The van der Waals surface area contributed by atoms with Gasteiger partial charge in [-0.15, -0.1) is 12.3 Å². The number of hydrogen-bond acceptors (Lipinski definition) is 5. The molecule has 0 amide bonds. The maximum absolute atomic E-state index is 11.9. The largest absolute Gasteiger partial charge is 0.465 e. The molecule has 100 valence electrons. The number of carbonyl (C=O) groups is 3. The van der Waals surface area contributed by atoms with Crippen LogP contribution in [0.15, 0.2) is 0 Å². The van der Waals surface area contributed by atoms with Crippen LogP contribution in [0, 0.1) is 17.8 Å². The van der Waals surface area contributed by atoms with Crippen LogP contribution < -0.4 is 0 Å². The van der Waals surface area contributed by atoms with Crippen molar-refractivity contribution in [2.75, 3.05) is 13.2 Å². The van der Waals surface area contributed by atoms with Gasteiger partial charge >= 0.3 is 11.9 Å². The van der Waals surface area contributed by atoms with Crippen molar-refractivity contribution in [2.24, 2.45) is 5.41 Å². The van der Waals surface area contributed by atoms with E-state index in [1.165, 1.54) is 0 Å². The lowest BCUT2D eigenvalue weighted by Crippen LogP contribution is -2.42. The summed E-state index contributed by atoms with van der Waals surface area (Å²) < 4.78 is 9.75. The molecule has 5 heteroatoms. The van der Waals surface area contributed by atoms with Gasteiger partial charge < -0.3 is 14.3 Å². The standard InChI is InChI=1S/C13H18O5/c1-4-8-13(9-7-10-14,11(15)17-5-2)12(16)18-6-3/h1,10H,5-9H2,2-3H3. The molecule has 0 fully saturated rings. The quantitative estimate of drug-likeness (QED) is 0.281. The number of hydrogen-bond donors (Lipinski definition) is 0. The molecule has 0 aliphatic carbocycles. The predicted octanol–water partition coefficient (Wildman–Crippen LogP) is 1.10. The minimum atomic E-state index is -1.57. The maximum Gasteiger partial charge on any atom is 0.324 e.